The van der Waals surface area contributed by atoms with Crippen LogP contribution in [-0.2, 0) is 15.6 Å². The van der Waals surface area contributed by atoms with Crippen molar-refractivity contribution < 1.29 is 18.1 Å². The van der Waals surface area contributed by atoms with Gasteiger partial charge in [-0.15, -0.1) is 0 Å². The van der Waals surface area contributed by atoms with Crippen molar-refractivity contribution in [2.45, 2.75) is 18.6 Å². The summed E-state index contributed by atoms with van der Waals surface area (Å²) in [7, 11) is -0.966. The van der Waals surface area contributed by atoms with E-state index in [1.165, 1.54) is 12.1 Å². The third kappa shape index (κ3) is 5.88. The molecule has 0 aliphatic rings. The topological polar surface area (TPSA) is 55.4 Å². The lowest BCUT2D eigenvalue weighted by Crippen LogP contribution is -2.33. The van der Waals surface area contributed by atoms with Crippen LogP contribution in [0.2, 0.25) is 5.02 Å². The Morgan fingerprint density at radius 1 is 1.55 bits per heavy atom. The number of carbonyl (C=O) groups is 1. The normalized spacial score (nSPS) is 13.6. The third-order valence-electron chi connectivity index (χ3n) is 2.63. The standard InChI is InChI=1S/C13H17ClFNO3S/c1-9(20(2)18)8-16-13(17)5-6-19-12-4-3-10(15)7-11(12)14/h3-4,7,9H,5-6,8H2,1-2H3,(H,16,17)/t9-,20+/m1/s1. The van der Waals surface area contributed by atoms with E-state index in [4.69, 9.17) is 16.3 Å². The summed E-state index contributed by atoms with van der Waals surface area (Å²) in [4.78, 5) is 11.5. The number of hydrogen-bond acceptors (Lipinski definition) is 3. The molecule has 4 nitrogen and oxygen atoms in total. The van der Waals surface area contributed by atoms with E-state index in [1.54, 1.807) is 13.2 Å². The molecular weight excluding hydrogens is 305 g/mol. The fourth-order valence-corrected chi connectivity index (χ4v) is 1.85. The first-order chi connectivity index (χ1) is 9.40. The van der Waals surface area contributed by atoms with E-state index in [2.05, 4.69) is 5.32 Å². The van der Waals surface area contributed by atoms with Crippen LogP contribution in [0.25, 0.3) is 0 Å². The van der Waals surface area contributed by atoms with Crippen LogP contribution in [-0.4, -0.2) is 34.8 Å². The molecule has 0 aliphatic heterocycles. The quantitative estimate of drug-likeness (QED) is 0.837. The Morgan fingerprint density at radius 3 is 2.85 bits per heavy atom. The second-order valence-corrected chi connectivity index (χ2v) is 6.50. The minimum absolute atomic E-state index is 0.0913. The second-order valence-electron chi connectivity index (χ2n) is 4.29. The highest BCUT2D eigenvalue weighted by atomic mass is 35.5. The number of halogens is 2. The van der Waals surface area contributed by atoms with E-state index in [-0.39, 0.29) is 29.2 Å². The van der Waals surface area contributed by atoms with Crippen LogP contribution in [0, 0.1) is 5.82 Å². The predicted octanol–water partition coefficient (Wildman–Crippen LogP) is 2.13. The summed E-state index contributed by atoms with van der Waals surface area (Å²) in [6, 6.07) is 3.80. The number of hydrogen-bond donors (Lipinski definition) is 1. The molecule has 0 spiro atoms. The number of rotatable bonds is 7. The first-order valence-electron chi connectivity index (χ1n) is 6.07. The molecule has 0 unspecified atom stereocenters. The van der Waals surface area contributed by atoms with Gasteiger partial charge in [0.15, 0.2) is 0 Å². The van der Waals surface area contributed by atoms with Gasteiger partial charge >= 0.3 is 0 Å². The van der Waals surface area contributed by atoms with Gasteiger partial charge in [0.05, 0.1) is 18.1 Å². The smallest absolute Gasteiger partial charge is 0.223 e. The molecule has 1 aromatic rings. The largest absolute Gasteiger partial charge is 0.491 e. The Bertz CT molecular complexity index is 499. The van der Waals surface area contributed by atoms with Crippen molar-refractivity contribution in [2.24, 2.45) is 0 Å². The van der Waals surface area contributed by atoms with Crippen molar-refractivity contribution in [2.75, 3.05) is 19.4 Å². The molecule has 0 saturated carbocycles. The average Bonchev–Trinajstić information content (AvgIpc) is 2.38. The van der Waals surface area contributed by atoms with Crippen LogP contribution in [0.15, 0.2) is 18.2 Å². The minimum atomic E-state index is -0.966. The maximum absolute atomic E-state index is 12.8. The Labute approximate surface area is 125 Å². The van der Waals surface area contributed by atoms with Gasteiger partial charge in [-0.05, 0) is 25.1 Å². The molecule has 1 aromatic carbocycles. The molecule has 0 fully saturated rings. The second kappa shape index (κ2) is 8.21. The molecule has 0 radical (unpaired) electrons. The Hall–Kier alpha value is -1.14. The maximum Gasteiger partial charge on any atom is 0.223 e. The number of amides is 1. The Kier molecular flexibility index (Phi) is 6.95. The van der Waals surface area contributed by atoms with E-state index in [0.717, 1.165) is 6.07 Å². The highest BCUT2D eigenvalue weighted by Gasteiger charge is 2.09. The molecule has 0 aliphatic carbocycles. The van der Waals surface area contributed by atoms with E-state index in [0.29, 0.717) is 12.3 Å². The summed E-state index contributed by atoms with van der Waals surface area (Å²) >= 11 is 5.78. The van der Waals surface area contributed by atoms with Crippen LogP contribution < -0.4 is 10.1 Å². The van der Waals surface area contributed by atoms with Crippen LogP contribution in [0.4, 0.5) is 4.39 Å². The molecule has 1 rings (SSSR count). The molecule has 2 atom stereocenters. The minimum Gasteiger partial charge on any atom is -0.491 e. The van der Waals surface area contributed by atoms with Gasteiger partial charge in [0.2, 0.25) is 5.91 Å². The zero-order valence-corrected chi connectivity index (χ0v) is 12.9. The first-order valence-corrected chi connectivity index (χ1v) is 8.07. The molecule has 0 aromatic heterocycles. The summed E-state index contributed by atoms with van der Waals surface area (Å²) in [6.45, 7) is 2.30. The van der Waals surface area contributed by atoms with E-state index in [9.17, 15) is 13.4 Å². The van der Waals surface area contributed by atoms with Gasteiger partial charge < -0.3 is 10.1 Å². The lowest BCUT2D eigenvalue weighted by molar-refractivity contribution is -0.121. The number of ether oxygens (including phenoxy) is 1. The summed E-state index contributed by atoms with van der Waals surface area (Å²) in [5, 5.41) is 2.74. The lowest BCUT2D eigenvalue weighted by Gasteiger charge is -2.11. The van der Waals surface area contributed by atoms with Crippen molar-refractivity contribution in [1.82, 2.24) is 5.32 Å². The summed E-state index contributed by atoms with van der Waals surface area (Å²) in [5.74, 6) is -0.300. The fourth-order valence-electron chi connectivity index (χ4n) is 1.31. The summed E-state index contributed by atoms with van der Waals surface area (Å²) in [5.41, 5.74) is 0. The van der Waals surface area contributed by atoms with Crippen molar-refractivity contribution in [3.05, 3.63) is 29.0 Å². The molecule has 112 valence electrons. The third-order valence-corrected chi connectivity index (χ3v) is 4.23. The first kappa shape index (κ1) is 16.9. The van der Waals surface area contributed by atoms with Crippen molar-refractivity contribution in [1.29, 1.82) is 0 Å². The highest BCUT2D eigenvalue weighted by Crippen LogP contribution is 2.24. The SMILES string of the molecule is C[C@H](CNC(=O)CCOc1ccc(F)cc1Cl)[S@](C)=O. The molecule has 1 N–H and O–H groups in total. The predicted molar refractivity (Wildman–Crippen MR) is 78.1 cm³/mol. The van der Waals surface area contributed by atoms with E-state index in [1.807, 2.05) is 0 Å². The van der Waals surface area contributed by atoms with Gasteiger partial charge in [-0.1, -0.05) is 11.6 Å². The summed E-state index contributed by atoms with van der Waals surface area (Å²) in [6.07, 6.45) is 1.74. The Balaban J connectivity index is 2.30. The monoisotopic (exact) mass is 321 g/mol. The van der Waals surface area contributed by atoms with Crippen molar-refractivity contribution >= 4 is 28.3 Å². The summed E-state index contributed by atoms with van der Waals surface area (Å²) < 4.78 is 29.2. The molecule has 0 heterocycles. The van der Waals surface area contributed by atoms with Gasteiger partial charge in [-0.3, -0.25) is 9.00 Å². The highest BCUT2D eigenvalue weighted by molar-refractivity contribution is 7.84. The van der Waals surface area contributed by atoms with Crippen molar-refractivity contribution in [3.63, 3.8) is 0 Å². The van der Waals surface area contributed by atoms with Gasteiger partial charge in [-0.25, -0.2) is 4.39 Å². The average molecular weight is 322 g/mol. The van der Waals surface area contributed by atoms with Crippen LogP contribution in [0.3, 0.4) is 0 Å². The van der Waals surface area contributed by atoms with Crippen molar-refractivity contribution in [3.8, 4) is 5.75 Å². The van der Waals surface area contributed by atoms with Gasteiger partial charge in [-0.2, -0.15) is 0 Å². The number of benzene rings is 1. The van der Waals surface area contributed by atoms with E-state index < -0.39 is 16.6 Å². The van der Waals surface area contributed by atoms with Gasteiger partial charge in [0.1, 0.15) is 11.6 Å². The number of nitrogens with one attached hydrogen (secondary N) is 1. The van der Waals surface area contributed by atoms with Crippen LogP contribution in [0.1, 0.15) is 13.3 Å². The Morgan fingerprint density at radius 2 is 2.25 bits per heavy atom. The zero-order valence-electron chi connectivity index (χ0n) is 11.3. The van der Waals surface area contributed by atoms with Crippen LogP contribution >= 0.6 is 11.6 Å². The molecule has 0 saturated heterocycles. The molecule has 1 amide bonds. The lowest BCUT2D eigenvalue weighted by atomic mass is 10.3. The molecular formula is C13H17ClFNO3S. The maximum atomic E-state index is 12.8. The molecule has 7 heteroatoms. The molecule has 20 heavy (non-hydrogen) atoms. The fraction of sp³-hybridized carbons (Fsp3) is 0.462. The van der Waals surface area contributed by atoms with Crippen LogP contribution in [0.5, 0.6) is 5.75 Å². The van der Waals surface area contributed by atoms with E-state index >= 15 is 0 Å². The zero-order chi connectivity index (χ0) is 15.1. The van der Waals surface area contributed by atoms with Gasteiger partial charge in [0, 0.05) is 28.9 Å². The number of carbonyl (C=O) groups excluding carboxylic acids is 1. The molecule has 0 bridgehead atoms. The van der Waals surface area contributed by atoms with Gasteiger partial charge in [0.25, 0.3) is 0 Å².